The van der Waals surface area contributed by atoms with Gasteiger partial charge in [-0.2, -0.15) is 18.2 Å². The molecule has 0 aliphatic carbocycles. The van der Waals surface area contributed by atoms with E-state index in [-0.39, 0.29) is 23.6 Å². The summed E-state index contributed by atoms with van der Waals surface area (Å²) in [6.45, 7) is -0.225. The second kappa shape index (κ2) is 7.21. The smallest absolute Gasteiger partial charge is 0.471 e. The molecule has 6 nitrogen and oxygen atoms in total. The van der Waals surface area contributed by atoms with Gasteiger partial charge in [0.15, 0.2) is 0 Å². The Morgan fingerprint density at radius 3 is 2.52 bits per heavy atom. The van der Waals surface area contributed by atoms with E-state index in [0.29, 0.717) is 0 Å². The van der Waals surface area contributed by atoms with Gasteiger partial charge < -0.3 is 9.26 Å². The molecule has 0 atom stereocenters. The lowest BCUT2D eigenvalue weighted by atomic mass is 10.1. The number of halogens is 6. The third-order valence-electron chi connectivity index (χ3n) is 3.22. The third-order valence-corrected chi connectivity index (χ3v) is 3.22. The third kappa shape index (κ3) is 4.33. The van der Waals surface area contributed by atoms with Crippen molar-refractivity contribution in [3.8, 4) is 17.3 Å². The van der Waals surface area contributed by atoms with E-state index in [1.165, 1.54) is 6.07 Å². The summed E-state index contributed by atoms with van der Waals surface area (Å²) >= 11 is 0. The molecule has 27 heavy (non-hydrogen) atoms. The lowest BCUT2D eigenvalue weighted by molar-refractivity contribution is -0.159. The first kappa shape index (κ1) is 18.6. The van der Waals surface area contributed by atoms with Crippen molar-refractivity contribution in [1.82, 2.24) is 20.1 Å². The van der Waals surface area contributed by atoms with E-state index in [4.69, 9.17) is 4.74 Å². The molecule has 0 spiro atoms. The average Bonchev–Trinajstić information content (AvgIpc) is 3.10. The minimum Gasteiger partial charge on any atom is -0.473 e. The molecule has 0 aliphatic heterocycles. The van der Waals surface area contributed by atoms with Crippen molar-refractivity contribution in [2.24, 2.45) is 0 Å². The van der Waals surface area contributed by atoms with Crippen molar-refractivity contribution < 1.29 is 35.6 Å². The Kier molecular flexibility index (Phi) is 4.97. The predicted molar refractivity (Wildman–Crippen MR) is 76.0 cm³/mol. The Labute approximate surface area is 146 Å². The highest BCUT2D eigenvalue weighted by Gasteiger charge is 2.38. The van der Waals surface area contributed by atoms with Crippen LogP contribution in [0.25, 0.3) is 11.4 Å². The number of benzene rings is 1. The highest BCUT2D eigenvalue weighted by Crippen LogP contribution is 2.30. The van der Waals surface area contributed by atoms with E-state index < -0.39 is 35.8 Å². The number of aromatic nitrogens is 4. The van der Waals surface area contributed by atoms with Crippen LogP contribution in [0.1, 0.15) is 23.6 Å². The van der Waals surface area contributed by atoms with Gasteiger partial charge in [-0.1, -0.05) is 11.2 Å². The molecule has 0 radical (unpaired) electrons. The van der Waals surface area contributed by atoms with Crippen LogP contribution in [0.2, 0.25) is 0 Å². The molecule has 12 heteroatoms. The fourth-order valence-corrected chi connectivity index (χ4v) is 1.99. The summed E-state index contributed by atoms with van der Waals surface area (Å²) in [5.41, 5.74) is -0.563. The molecule has 2 aromatic heterocycles. The summed E-state index contributed by atoms with van der Waals surface area (Å²) in [6, 6.07) is 4.41. The van der Waals surface area contributed by atoms with Gasteiger partial charge in [0.1, 0.15) is 24.4 Å². The molecule has 0 N–H and O–H groups in total. The summed E-state index contributed by atoms with van der Waals surface area (Å²) in [5.74, 6) is -3.22. The molecule has 2 heterocycles. The second-order valence-electron chi connectivity index (χ2n) is 5.11. The summed E-state index contributed by atoms with van der Waals surface area (Å²) in [5, 5.41) is 3.10. The van der Waals surface area contributed by atoms with Crippen LogP contribution < -0.4 is 4.74 Å². The fraction of sp³-hybridized carbons (Fsp3) is 0.200. The summed E-state index contributed by atoms with van der Waals surface area (Å²) in [4.78, 5) is 10.1. The Balaban J connectivity index is 1.73. The first-order valence-corrected chi connectivity index (χ1v) is 7.16. The quantitative estimate of drug-likeness (QED) is 0.608. The van der Waals surface area contributed by atoms with E-state index in [1.54, 1.807) is 0 Å². The zero-order chi connectivity index (χ0) is 19.6. The standard InChI is InChI=1S/C15H8F6N4O2/c16-9-3-7(5-26-11-4-10(12(17)18)22-6-23-11)1-2-8(9)13-24-14(27-25-13)15(19,20)21/h1-4,6,12H,5H2. The van der Waals surface area contributed by atoms with Crippen molar-refractivity contribution in [3.05, 3.63) is 53.6 Å². The molecule has 3 aromatic rings. The Bertz CT molecular complexity index is 944. The van der Waals surface area contributed by atoms with E-state index in [1.807, 2.05) is 0 Å². The summed E-state index contributed by atoms with van der Waals surface area (Å²) < 4.78 is 85.9. The molecule has 0 bridgehead atoms. The molecule has 0 saturated carbocycles. The molecule has 0 amide bonds. The zero-order valence-corrected chi connectivity index (χ0v) is 13.0. The molecule has 0 fully saturated rings. The van der Waals surface area contributed by atoms with Crippen LogP contribution in [0.5, 0.6) is 5.88 Å². The minimum atomic E-state index is -4.84. The van der Waals surface area contributed by atoms with Crippen LogP contribution in [0.4, 0.5) is 26.3 Å². The molecular weight excluding hydrogens is 382 g/mol. The van der Waals surface area contributed by atoms with Crippen LogP contribution in [-0.2, 0) is 12.8 Å². The molecule has 1 aromatic carbocycles. The molecule has 0 unspecified atom stereocenters. The maximum atomic E-state index is 14.2. The molecule has 0 saturated heterocycles. The number of ether oxygens (including phenoxy) is 1. The molecule has 0 aliphatic rings. The van der Waals surface area contributed by atoms with Gasteiger partial charge in [-0.25, -0.2) is 23.1 Å². The Hall–Kier alpha value is -3.18. The van der Waals surface area contributed by atoms with Gasteiger partial charge in [0.25, 0.3) is 6.43 Å². The topological polar surface area (TPSA) is 73.9 Å². The van der Waals surface area contributed by atoms with Crippen LogP contribution in [0.15, 0.2) is 35.1 Å². The van der Waals surface area contributed by atoms with Crippen molar-refractivity contribution in [2.75, 3.05) is 0 Å². The fourth-order valence-electron chi connectivity index (χ4n) is 1.99. The number of nitrogens with zero attached hydrogens (tertiary/aromatic N) is 4. The first-order valence-electron chi connectivity index (χ1n) is 7.16. The predicted octanol–water partition coefficient (Wildman–Crippen LogP) is 4.20. The van der Waals surface area contributed by atoms with Gasteiger partial charge in [0, 0.05) is 6.07 Å². The maximum Gasteiger partial charge on any atom is 0.471 e. The highest BCUT2D eigenvalue weighted by atomic mass is 19.4. The first-order chi connectivity index (χ1) is 12.7. The van der Waals surface area contributed by atoms with Crippen molar-refractivity contribution in [3.63, 3.8) is 0 Å². The largest absolute Gasteiger partial charge is 0.473 e. The Morgan fingerprint density at radius 1 is 1.11 bits per heavy atom. The minimum absolute atomic E-state index is 0.141. The van der Waals surface area contributed by atoms with E-state index in [0.717, 1.165) is 24.5 Å². The number of rotatable bonds is 5. The molecular formula is C15H8F6N4O2. The van der Waals surface area contributed by atoms with Crippen LogP contribution in [0, 0.1) is 5.82 Å². The normalized spacial score (nSPS) is 11.8. The highest BCUT2D eigenvalue weighted by molar-refractivity contribution is 5.55. The van der Waals surface area contributed by atoms with Gasteiger partial charge in [-0.05, 0) is 17.7 Å². The van der Waals surface area contributed by atoms with Gasteiger partial charge in [0.05, 0.1) is 5.56 Å². The monoisotopic (exact) mass is 390 g/mol. The Morgan fingerprint density at radius 2 is 1.89 bits per heavy atom. The summed E-state index contributed by atoms with van der Waals surface area (Å²) in [7, 11) is 0. The van der Waals surface area contributed by atoms with E-state index in [2.05, 4.69) is 24.6 Å². The van der Waals surface area contributed by atoms with Crippen LogP contribution in [0.3, 0.4) is 0 Å². The van der Waals surface area contributed by atoms with Gasteiger partial charge >= 0.3 is 12.1 Å². The van der Waals surface area contributed by atoms with E-state index in [9.17, 15) is 26.3 Å². The number of hydrogen-bond acceptors (Lipinski definition) is 6. The van der Waals surface area contributed by atoms with E-state index >= 15 is 0 Å². The average molecular weight is 390 g/mol. The number of alkyl halides is 5. The second-order valence-corrected chi connectivity index (χ2v) is 5.11. The lowest BCUT2D eigenvalue weighted by Crippen LogP contribution is -2.05. The molecule has 142 valence electrons. The SMILES string of the molecule is Fc1cc(COc2cc(C(F)F)ncn2)ccc1-c1noc(C(F)(F)F)n1. The van der Waals surface area contributed by atoms with Gasteiger partial charge in [-0.3, -0.25) is 0 Å². The lowest BCUT2D eigenvalue weighted by Gasteiger charge is -2.07. The van der Waals surface area contributed by atoms with Crippen LogP contribution >= 0.6 is 0 Å². The van der Waals surface area contributed by atoms with Gasteiger partial charge in [-0.15, -0.1) is 0 Å². The van der Waals surface area contributed by atoms with Crippen molar-refractivity contribution >= 4 is 0 Å². The summed E-state index contributed by atoms with van der Waals surface area (Å²) in [6.07, 6.45) is -6.75. The number of hydrogen-bond donors (Lipinski definition) is 0. The zero-order valence-electron chi connectivity index (χ0n) is 13.0. The van der Waals surface area contributed by atoms with Crippen LogP contribution in [-0.4, -0.2) is 20.1 Å². The van der Waals surface area contributed by atoms with Gasteiger partial charge in [0.2, 0.25) is 11.7 Å². The maximum absolute atomic E-state index is 14.2. The molecule has 3 rings (SSSR count). The van der Waals surface area contributed by atoms with Crippen molar-refractivity contribution in [1.29, 1.82) is 0 Å². The van der Waals surface area contributed by atoms with Crippen molar-refractivity contribution in [2.45, 2.75) is 19.2 Å².